The first kappa shape index (κ1) is 22.7. The van der Waals surface area contributed by atoms with E-state index in [1.54, 1.807) is 30.3 Å². The van der Waals surface area contributed by atoms with Crippen molar-refractivity contribution in [2.24, 2.45) is 23.7 Å². The molecule has 1 aliphatic heterocycles. The van der Waals surface area contributed by atoms with E-state index in [0.29, 0.717) is 5.56 Å². The summed E-state index contributed by atoms with van der Waals surface area (Å²) in [6, 6.07) is 10.2. The number of hydrogen-bond acceptors (Lipinski definition) is 3. The molecule has 1 N–H and O–H groups in total. The van der Waals surface area contributed by atoms with Gasteiger partial charge in [0.05, 0.1) is 28.1 Å². The summed E-state index contributed by atoms with van der Waals surface area (Å²) in [4.78, 5) is 41.1. The third-order valence-corrected chi connectivity index (χ3v) is 7.27. The standard InChI is InChI=1S/C25H20ClF3N2O3/c26-17-9-8-16(25(27,28)29)12-18(17)30-22(32)19(10-13-4-2-1-3-5-13)31-23(33)20-14-6-7-15(11-14)21(20)24(31)34/h1-9,12,14-15,19-21H,10-11H2,(H,30,32)/t14-,15+,19-,20+,21-/m0/s1. The topological polar surface area (TPSA) is 66.5 Å². The fraction of sp³-hybridized carbons (Fsp3) is 0.320. The van der Waals surface area contributed by atoms with E-state index in [9.17, 15) is 27.6 Å². The van der Waals surface area contributed by atoms with Gasteiger partial charge in [-0.15, -0.1) is 0 Å². The van der Waals surface area contributed by atoms with Crippen molar-refractivity contribution in [3.8, 4) is 0 Å². The molecule has 2 fully saturated rings. The highest BCUT2D eigenvalue weighted by Crippen LogP contribution is 2.53. The summed E-state index contributed by atoms with van der Waals surface area (Å²) in [6.07, 6.45) is 0.0570. The molecule has 0 radical (unpaired) electrons. The summed E-state index contributed by atoms with van der Waals surface area (Å²) in [6.45, 7) is 0. The first-order chi connectivity index (χ1) is 16.1. The predicted molar refractivity (Wildman–Crippen MR) is 119 cm³/mol. The van der Waals surface area contributed by atoms with Crippen LogP contribution >= 0.6 is 11.6 Å². The lowest BCUT2D eigenvalue weighted by Gasteiger charge is -2.27. The zero-order valence-corrected chi connectivity index (χ0v) is 18.5. The van der Waals surface area contributed by atoms with Crippen molar-refractivity contribution in [1.82, 2.24) is 4.90 Å². The van der Waals surface area contributed by atoms with Gasteiger partial charge < -0.3 is 5.32 Å². The van der Waals surface area contributed by atoms with E-state index in [1.807, 2.05) is 12.2 Å². The Labute approximate surface area is 198 Å². The van der Waals surface area contributed by atoms with Crippen LogP contribution in [0.4, 0.5) is 18.9 Å². The molecule has 5 rings (SSSR count). The van der Waals surface area contributed by atoms with Crippen molar-refractivity contribution in [2.75, 3.05) is 5.32 Å². The van der Waals surface area contributed by atoms with Gasteiger partial charge in [-0.05, 0) is 42.0 Å². The maximum atomic E-state index is 13.4. The van der Waals surface area contributed by atoms with E-state index in [4.69, 9.17) is 11.6 Å². The van der Waals surface area contributed by atoms with Gasteiger partial charge in [0.1, 0.15) is 6.04 Å². The number of rotatable bonds is 5. The van der Waals surface area contributed by atoms with Crippen molar-refractivity contribution < 1.29 is 27.6 Å². The van der Waals surface area contributed by atoms with Gasteiger partial charge in [-0.3, -0.25) is 19.3 Å². The molecule has 3 aliphatic rings. The van der Waals surface area contributed by atoms with Crippen LogP contribution in [0.25, 0.3) is 0 Å². The first-order valence-electron chi connectivity index (χ1n) is 10.9. The highest BCUT2D eigenvalue weighted by molar-refractivity contribution is 6.33. The number of likely N-dealkylation sites (tertiary alicyclic amines) is 1. The fourth-order valence-electron chi connectivity index (χ4n) is 5.38. The summed E-state index contributed by atoms with van der Waals surface area (Å²) in [5.74, 6) is -2.63. The molecule has 1 saturated carbocycles. The maximum absolute atomic E-state index is 13.4. The Morgan fingerprint density at radius 3 is 2.24 bits per heavy atom. The number of hydrogen-bond donors (Lipinski definition) is 1. The molecule has 3 amide bonds. The smallest absolute Gasteiger partial charge is 0.323 e. The zero-order chi connectivity index (χ0) is 24.2. The van der Waals surface area contributed by atoms with Gasteiger partial charge in [0, 0.05) is 6.42 Å². The Morgan fingerprint density at radius 1 is 1.03 bits per heavy atom. The molecule has 176 valence electrons. The lowest BCUT2D eigenvalue weighted by atomic mass is 9.85. The SMILES string of the molecule is O=C(Nc1cc(C(F)(F)F)ccc1Cl)[C@H](Cc1ccccc1)N1C(=O)[C@@H]2[C@H](C1=O)[C@H]1C=C[C@@H]2C1. The molecule has 0 aromatic heterocycles. The van der Waals surface area contributed by atoms with Gasteiger partial charge in [0.25, 0.3) is 0 Å². The predicted octanol–water partition coefficient (Wildman–Crippen LogP) is 4.72. The Kier molecular flexibility index (Phi) is 5.51. The normalized spacial score (nSPS) is 26.2. The molecule has 5 atom stereocenters. The van der Waals surface area contributed by atoms with Gasteiger partial charge in [-0.2, -0.15) is 13.2 Å². The van der Waals surface area contributed by atoms with Crippen LogP contribution in [0.1, 0.15) is 17.5 Å². The van der Waals surface area contributed by atoms with Crippen molar-refractivity contribution in [3.05, 3.63) is 76.8 Å². The number of nitrogens with zero attached hydrogens (tertiary/aromatic N) is 1. The minimum atomic E-state index is -4.63. The number of nitrogens with one attached hydrogen (secondary N) is 1. The van der Waals surface area contributed by atoms with E-state index in [1.165, 1.54) is 0 Å². The number of anilines is 1. The third kappa shape index (κ3) is 3.79. The quantitative estimate of drug-likeness (QED) is 0.489. The van der Waals surface area contributed by atoms with E-state index in [0.717, 1.165) is 29.5 Å². The Morgan fingerprint density at radius 2 is 1.65 bits per heavy atom. The first-order valence-corrected chi connectivity index (χ1v) is 11.3. The Balaban J connectivity index is 1.47. The number of alkyl halides is 3. The largest absolute Gasteiger partial charge is 0.416 e. The van der Waals surface area contributed by atoms with Crippen LogP contribution in [-0.2, 0) is 27.0 Å². The van der Waals surface area contributed by atoms with E-state index >= 15 is 0 Å². The van der Waals surface area contributed by atoms with E-state index in [2.05, 4.69) is 5.32 Å². The second kappa shape index (κ2) is 8.27. The lowest BCUT2D eigenvalue weighted by Crippen LogP contribution is -2.49. The van der Waals surface area contributed by atoms with Crippen molar-refractivity contribution in [1.29, 1.82) is 0 Å². The highest BCUT2D eigenvalue weighted by atomic mass is 35.5. The summed E-state index contributed by atoms with van der Waals surface area (Å²) >= 11 is 6.06. The van der Waals surface area contributed by atoms with Crippen LogP contribution in [0.2, 0.25) is 5.02 Å². The molecule has 0 unspecified atom stereocenters. The Bertz CT molecular complexity index is 1170. The highest BCUT2D eigenvalue weighted by Gasteiger charge is 2.61. The van der Waals surface area contributed by atoms with Gasteiger partial charge >= 0.3 is 6.18 Å². The third-order valence-electron chi connectivity index (χ3n) is 6.94. The van der Waals surface area contributed by atoms with Crippen LogP contribution in [0.5, 0.6) is 0 Å². The van der Waals surface area contributed by atoms with Crippen LogP contribution in [-0.4, -0.2) is 28.7 Å². The minimum Gasteiger partial charge on any atom is -0.323 e. The molecular weight excluding hydrogens is 469 g/mol. The summed E-state index contributed by atoms with van der Waals surface area (Å²) in [5, 5.41) is 2.35. The molecule has 5 nitrogen and oxygen atoms in total. The molecule has 1 saturated heterocycles. The van der Waals surface area contributed by atoms with Crippen LogP contribution in [0, 0.1) is 23.7 Å². The molecule has 1 heterocycles. The number of imide groups is 1. The number of amides is 3. The van der Waals surface area contributed by atoms with Gasteiger partial charge in [0.2, 0.25) is 17.7 Å². The Hall–Kier alpha value is -3.13. The van der Waals surface area contributed by atoms with Crippen molar-refractivity contribution in [2.45, 2.75) is 25.1 Å². The average Bonchev–Trinajstić information content (AvgIpc) is 3.47. The molecule has 2 aliphatic carbocycles. The fourth-order valence-corrected chi connectivity index (χ4v) is 5.55. The summed E-state index contributed by atoms with van der Waals surface area (Å²) in [5.41, 5.74) is -0.505. The molecular formula is C25H20ClF3N2O3. The number of carbonyl (C=O) groups excluding carboxylic acids is 3. The van der Waals surface area contributed by atoms with Crippen LogP contribution in [0.3, 0.4) is 0 Å². The van der Waals surface area contributed by atoms with Gasteiger partial charge in [0.15, 0.2) is 0 Å². The molecule has 34 heavy (non-hydrogen) atoms. The second-order valence-electron chi connectivity index (χ2n) is 8.93. The second-order valence-corrected chi connectivity index (χ2v) is 9.34. The van der Waals surface area contributed by atoms with Crippen LogP contribution < -0.4 is 5.32 Å². The minimum absolute atomic E-state index is 0.0307. The number of allylic oxidation sites excluding steroid dienone is 2. The maximum Gasteiger partial charge on any atom is 0.416 e. The molecule has 2 bridgehead atoms. The number of fused-ring (bicyclic) bond motifs is 5. The molecule has 9 heteroatoms. The monoisotopic (exact) mass is 488 g/mol. The van der Waals surface area contributed by atoms with Crippen LogP contribution in [0.15, 0.2) is 60.7 Å². The zero-order valence-electron chi connectivity index (χ0n) is 17.8. The number of halogens is 4. The summed E-state index contributed by atoms with van der Waals surface area (Å²) < 4.78 is 39.5. The molecule has 2 aromatic rings. The van der Waals surface area contributed by atoms with Crippen molar-refractivity contribution >= 4 is 35.0 Å². The number of carbonyl (C=O) groups is 3. The van der Waals surface area contributed by atoms with E-state index < -0.39 is 47.3 Å². The molecule has 0 spiro atoms. The van der Waals surface area contributed by atoms with E-state index in [-0.39, 0.29) is 29.0 Å². The summed E-state index contributed by atoms with van der Waals surface area (Å²) in [7, 11) is 0. The number of benzene rings is 2. The lowest BCUT2D eigenvalue weighted by molar-refractivity contribution is -0.147. The van der Waals surface area contributed by atoms with Crippen molar-refractivity contribution in [3.63, 3.8) is 0 Å². The van der Waals surface area contributed by atoms with Gasteiger partial charge in [-0.1, -0.05) is 54.1 Å². The average molecular weight is 489 g/mol. The van der Waals surface area contributed by atoms with Gasteiger partial charge in [-0.25, -0.2) is 0 Å². The molecule has 2 aromatic carbocycles.